The van der Waals surface area contributed by atoms with E-state index in [1.807, 2.05) is 12.2 Å². The molecule has 5 aliphatic rings. The summed E-state index contributed by atoms with van der Waals surface area (Å²) in [4.78, 5) is 25.2. The lowest BCUT2D eigenvalue weighted by molar-refractivity contribution is -0.160. The largest absolute Gasteiger partial charge is 0.392 e. The topological polar surface area (TPSA) is 52.6 Å². The molecule has 0 radical (unpaired) electrons. The SMILES string of the molecule is CC(C)=C1[C@H]2C=C[C@@H]1[C@@]13C(=O)OC(=O)[C@@]21[C@@H]1C=C[C@H]3O1. The van der Waals surface area contributed by atoms with E-state index in [9.17, 15) is 9.59 Å². The molecule has 3 heterocycles. The van der Waals surface area contributed by atoms with Crippen LogP contribution in [-0.2, 0) is 19.1 Å². The van der Waals surface area contributed by atoms with Crippen molar-refractivity contribution in [3.05, 3.63) is 35.5 Å². The standard InChI is InChI=1S/C16H14O4/c1-7(2)12-8-3-4-9(12)16-11-6-5-10(19-11)15(8,16)13(17)20-14(16)18/h3-6,8-11H,1-2H3/t8-,9+,10+,11-,15+,16-. The molecule has 4 nitrogen and oxygen atoms in total. The van der Waals surface area contributed by atoms with Gasteiger partial charge in [0.2, 0.25) is 0 Å². The molecule has 0 unspecified atom stereocenters. The fourth-order valence-electron chi connectivity index (χ4n) is 5.42. The van der Waals surface area contributed by atoms with E-state index in [1.54, 1.807) is 0 Å². The molecule has 2 aliphatic carbocycles. The number of ether oxygens (including phenoxy) is 2. The quantitative estimate of drug-likeness (QED) is 0.380. The van der Waals surface area contributed by atoms with Crippen LogP contribution in [0, 0.1) is 22.7 Å². The van der Waals surface area contributed by atoms with Crippen LogP contribution in [0.4, 0.5) is 0 Å². The summed E-state index contributed by atoms with van der Waals surface area (Å²) in [5.74, 6) is -0.905. The highest BCUT2D eigenvalue weighted by Crippen LogP contribution is 2.77. The van der Waals surface area contributed by atoms with Crippen LogP contribution >= 0.6 is 0 Å². The van der Waals surface area contributed by atoms with Crippen molar-refractivity contribution in [2.45, 2.75) is 26.1 Å². The minimum absolute atomic E-state index is 0.0589. The monoisotopic (exact) mass is 270 g/mol. The molecule has 1 saturated carbocycles. The zero-order valence-electron chi connectivity index (χ0n) is 11.3. The Labute approximate surface area is 116 Å². The number of allylic oxidation sites excluding steroid dienone is 4. The van der Waals surface area contributed by atoms with Gasteiger partial charge in [0, 0.05) is 11.8 Å². The number of carbonyl (C=O) groups excluding carboxylic acids is 2. The van der Waals surface area contributed by atoms with Crippen molar-refractivity contribution in [2.75, 3.05) is 0 Å². The average molecular weight is 270 g/mol. The van der Waals surface area contributed by atoms with E-state index in [1.165, 1.54) is 11.1 Å². The molecule has 4 bridgehead atoms. The van der Waals surface area contributed by atoms with Gasteiger partial charge < -0.3 is 9.47 Å². The highest BCUT2D eigenvalue weighted by atomic mass is 16.6. The van der Waals surface area contributed by atoms with Gasteiger partial charge >= 0.3 is 11.9 Å². The van der Waals surface area contributed by atoms with E-state index in [4.69, 9.17) is 9.47 Å². The minimum atomic E-state index is -0.852. The summed E-state index contributed by atoms with van der Waals surface area (Å²) in [6.07, 6.45) is 7.34. The summed E-state index contributed by atoms with van der Waals surface area (Å²) in [7, 11) is 0. The number of fused-ring (bicyclic) bond motifs is 4. The maximum atomic E-state index is 12.6. The zero-order valence-corrected chi connectivity index (χ0v) is 11.3. The van der Waals surface area contributed by atoms with Crippen LogP contribution in [0.5, 0.6) is 0 Å². The summed E-state index contributed by atoms with van der Waals surface area (Å²) in [5, 5.41) is 0. The summed E-state index contributed by atoms with van der Waals surface area (Å²) in [5.41, 5.74) is 0.711. The smallest absolute Gasteiger partial charge is 0.325 e. The van der Waals surface area contributed by atoms with E-state index in [0.717, 1.165) is 0 Å². The Balaban J connectivity index is 1.92. The molecule has 2 saturated heterocycles. The first kappa shape index (κ1) is 11.0. The first-order chi connectivity index (χ1) is 9.56. The Hall–Kier alpha value is -1.68. The third kappa shape index (κ3) is 0.713. The Morgan fingerprint density at radius 2 is 1.45 bits per heavy atom. The van der Waals surface area contributed by atoms with E-state index < -0.39 is 22.8 Å². The minimum Gasteiger partial charge on any atom is -0.392 e. The Kier molecular flexibility index (Phi) is 1.57. The highest BCUT2D eigenvalue weighted by Gasteiger charge is 2.88. The van der Waals surface area contributed by atoms with E-state index in [-0.39, 0.29) is 24.0 Å². The summed E-state index contributed by atoms with van der Waals surface area (Å²) in [6, 6.07) is 0. The van der Waals surface area contributed by atoms with Crippen molar-refractivity contribution in [1.82, 2.24) is 0 Å². The van der Waals surface area contributed by atoms with Gasteiger partial charge in [0.1, 0.15) is 10.8 Å². The molecule has 0 aromatic carbocycles. The van der Waals surface area contributed by atoms with E-state index >= 15 is 0 Å². The molecule has 5 rings (SSSR count). The molecule has 0 aromatic rings. The van der Waals surface area contributed by atoms with E-state index in [2.05, 4.69) is 26.0 Å². The second kappa shape index (κ2) is 2.84. The first-order valence-electron chi connectivity index (χ1n) is 7.02. The van der Waals surface area contributed by atoms with Crippen molar-refractivity contribution in [2.24, 2.45) is 22.7 Å². The predicted octanol–water partition coefficient (Wildman–Crippen LogP) is 1.53. The number of carbonyl (C=O) groups is 2. The highest BCUT2D eigenvalue weighted by molar-refractivity contribution is 6.07. The first-order valence-corrected chi connectivity index (χ1v) is 7.02. The molecule has 3 aliphatic heterocycles. The average Bonchev–Trinajstić information content (AvgIpc) is 3.14. The Bertz CT molecular complexity index is 633. The second-order valence-corrected chi connectivity index (χ2v) is 6.57. The number of cyclic esters (lactones) is 2. The molecule has 102 valence electrons. The van der Waals surface area contributed by atoms with Crippen molar-refractivity contribution >= 4 is 11.9 Å². The molecular formula is C16H14O4. The van der Waals surface area contributed by atoms with Gasteiger partial charge in [-0.3, -0.25) is 9.59 Å². The van der Waals surface area contributed by atoms with Gasteiger partial charge in [0.25, 0.3) is 0 Å². The Morgan fingerprint density at radius 3 is 1.90 bits per heavy atom. The molecule has 20 heavy (non-hydrogen) atoms. The van der Waals surface area contributed by atoms with Gasteiger partial charge in [-0.2, -0.15) is 0 Å². The molecule has 0 N–H and O–H groups in total. The summed E-state index contributed by atoms with van der Waals surface area (Å²) < 4.78 is 11.0. The fourth-order valence-corrected chi connectivity index (χ4v) is 5.42. The van der Waals surface area contributed by atoms with Gasteiger partial charge in [-0.25, -0.2) is 0 Å². The van der Waals surface area contributed by atoms with Gasteiger partial charge in [0.15, 0.2) is 0 Å². The molecule has 0 amide bonds. The number of rotatable bonds is 0. The summed E-state index contributed by atoms with van der Waals surface area (Å²) in [6.45, 7) is 4.11. The van der Waals surface area contributed by atoms with Crippen LogP contribution in [0.15, 0.2) is 35.5 Å². The predicted molar refractivity (Wildman–Crippen MR) is 68.3 cm³/mol. The summed E-state index contributed by atoms with van der Waals surface area (Å²) >= 11 is 0. The zero-order chi connectivity index (χ0) is 13.9. The van der Waals surface area contributed by atoms with Gasteiger partial charge in [-0.05, 0) is 13.8 Å². The van der Waals surface area contributed by atoms with Crippen molar-refractivity contribution in [3.8, 4) is 0 Å². The third-order valence-electron chi connectivity index (χ3n) is 5.92. The third-order valence-corrected chi connectivity index (χ3v) is 5.92. The molecule has 3 fully saturated rings. The number of hydrogen-bond acceptors (Lipinski definition) is 4. The van der Waals surface area contributed by atoms with Crippen LogP contribution in [0.1, 0.15) is 13.8 Å². The molecule has 0 spiro atoms. The van der Waals surface area contributed by atoms with Crippen LogP contribution in [0.25, 0.3) is 0 Å². The molecular weight excluding hydrogens is 256 g/mol. The van der Waals surface area contributed by atoms with Gasteiger partial charge in [-0.1, -0.05) is 35.5 Å². The van der Waals surface area contributed by atoms with Crippen LogP contribution in [0.3, 0.4) is 0 Å². The normalized spacial score (nSPS) is 52.8. The molecule has 6 atom stereocenters. The van der Waals surface area contributed by atoms with E-state index in [0.29, 0.717) is 0 Å². The maximum Gasteiger partial charge on any atom is 0.325 e. The van der Waals surface area contributed by atoms with Crippen molar-refractivity contribution in [1.29, 1.82) is 0 Å². The number of esters is 2. The van der Waals surface area contributed by atoms with Gasteiger partial charge in [0.05, 0.1) is 12.2 Å². The fraction of sp³-hybridized carbons (Fsp3) is 0.500. The number of hydrogen-bond donors (Lipinski definition) is 0. The van der Waals surface area contributed by atoms with Crippen molar-refractivity contribution < 1.29 is 19.1 Å². The molecule has 0 aromatic heterocycles. The van der Waals surface area contributed by atoms with Crippen LogP contribution < -0.4 is 0 Å². The lowest BCUT2D eigenvalue weighted by atomic mass is 9.54. The van der Waals surface area contributed by atoms with Crippen LogP contribution in [-0.4, -0.2) is 24.1 Å². The second-order valence-electron chi connectivity index (χ2n) is 6.57. The van der Waals surface area contributed by atoms with Crippen molar-refractivity contribution in [3.63, 3.8) is 0 Å². The Morgan fingerprint density at radius 1 is 0.950 bits per heavy atom. The lowest BCUT2D eigenvalue weighted by Crippen LogP contribution is -2.53. The molecule has 4 heteroatoms. The van der Waals surface area contributed by atoms with Gasteiger partial charge in [-0.15, -0.1) is 0 Å². The van der Waals surface area contributed by atoms with Crippen LogP contribution in [0.2, 0.25) is 0 Å². The lowest BCUT2D eigenvalue weighted by Gasteiger charge is -2.38. The maximum absolute atomic E-state index is 12.6.